The van der Waals surface area contributed by atoms with E-state index in [1.807, 2.05) is 6.07 Å². The summed E-state index contributed by atoms with van der Waals surface area (Å²) in [6.07, 6.45) is -2.89. The van der Waals surface area contributed by atoms with Crippen LogP contribution in [0.3, 0.4) is 0 Å². The lowest BCUT2D eigenvalue weighted by Gasteiger charge is -2.36. The normalized spacial score (nSPS) is 20.5. The number of alkyl halides is 5. The molecule has 2 saturated heterocycles. The van der Waals surface area contributed by atoms with Crippen LogP contribution in [0.2, 0.25) is 0 Å². The second kappa shape index (κ2) is 13.4. The van der Waals surface area contributed by atoms with Crippen LogP contribution in [0.5, 0.6) is 0 Å². The van der Waals surface area contributed by atoms with Crippen LogP contribution in [0.15, 0.2) is 35.9 Å². The molecule has 0 aliphatic carbocycles. The van der Waals surface area contributed by atoms with Gasteiger partial charge in [-0.3, -0.25) is 9.69 Å². The van der Waals surface area contributed by atoms with E-state index in [4.69, 9.17) is 4.74 Å². The summed E-state index contributed by atoms with van der Waals surface area (Å²) in [6.45, 7) is 2.93. The summed E-state index contributed by atoms with van der Waals surface area (Å²) >= 11 is 0. The first-order valence-electron chi connectivity index (χ1n) is 13.5. The third-order valence-corrected chi connectivity index (χ3v) is 7.53. The number of carbonyl (C=O) groups excluding carboxylic acids is 2. The molecule has 0 spiro atoms. The predicted molar refractivity (Wildman–Crippen MR) is 142 cm³/mol. The second-order valence-corrected chi connectivity index (χ2v) is 11.2. The molecule has 2 amide bonds. The van der Waals surface area contributed by atoms with Crippen molar-refractivity contribution in [3.8, 4) is 6.07 Å². The molecule has 0 bridgehead atoms. The van der Waals surface area contributed by atoms with Crippen LogP contribution >= 0.6 is 0 Å². The number of hydrogen-bond acceptors (Lipinski definition) is 7. The molecule has 2 fully saturated rings. The summed E-state index contributed by atoms with van der Waals surface area (Å²) in [5.74, 6) is -4.76. The first kappa shape index (κ1) is 33.3. The number of likely N-dealkylation sites (tertiary alicyclic amines) is 2. The molecule has 3 rings (SSSR count). The van der Waals surface area contributed by atoms with Crippen molar-refractivity contribution in [2.45, 2.75) is 75.6 Å². The summed E-state index contributed by atoms with van der Waals surface area (Å²) < 4.78 is 71.2. The SMILES string of the molecule is CC(C)(/C=C(\C#N)C(=O)N1CCCC[C@@H]1COC(=O)N[C@@H](Cc1ccc(C(F)(F)F)cc1)B(O)O)N1CCC(F)(F)C1. The largest absolute Gasteiger partial charge is 0.475 e. The Bertz CT molecular complexity index is 1190. The zero-order chi connectivity index (χ0) is 31.3. The Morgan fingerprint density at radius 3 is 2.43 bits per heavy atom. The zero-order valence-electron chi connectivity index (χ0n) is 23.3. The molecule has 230 valence electrons. The maximum atomic E-state index is 13.8. The van der Waals surface area contributed by atoms with Gasteiger partial charge in [0.15, 0.2) is 0 Å². The Morgan fingerprint density at radius 2 is 1.88 bits per heavy atom. The van der Waals surface area contributed by atoms with E-state index in [1.54, 1.807) is 13.8 Å². The lowest BCUT2D eigenvalue weighted by molar-refractivity contribution is -0.137. The minimum absolute atomic E-state index is 0.112. The van der Waals surface area contributed by atoms with E-state index >= 15 is 0 Å². The van der Waals surface area contributed by atoms with Gasteiger partial charge < -0.3 is 25.0 Å². The standard InChI is InChI=1S/C27H34BF5N4O5/c1-25(2,36-12-10-26(29,30)17-36)14-19(15-34)23(38)37-11-4-3-5-21(37)16-42-24(39)35-22(28(40)41)13-18-6-8-20(9-7-18)27(31,32)33/h6-9,14,21-22,40-41H,3-5,10-13,16-17H2,1-2H3,(H,35,39)/b19-14+/t21-,22+/m1/s1. The molecule has 2 heterocycles. The number of benzene rings is 1. The average Bonchev–Trinajstić information content (AvgIpc) is 3.30. The third-order valence-electron chi connectivity index (χ3n) is 7.53. The van der Waals surface area contributed by atoms with Gasteiger partial charge in [-0.2, -0.15) is 18.4 Å². The molecule has 0 saturated carbocycles. The van der Waals surface area contributed by atoms with Crippen LogP contribution in [-0.2, 0) is 22.1 Å². The number of hydrogen-bond donors (Lipinski definition) is 3. The number of nitriles is 1. The molecule has 0 radical (unpaired) electrons. The van der Waals surface area contributed by atoms with E-state index < -0.39 is 60.8 Å². The van der Waals surface area contributed by atoms with E-state index in [1.165, 1.54) is 15.9 Å². The number of ether oxygens (including phenoxy) is 1. The molecule has 1 aromatic rings. The molecule has 1 aromatic carbocycles. The van der Waals surface area contributed by atoms with Crippen molar-refractivity contribution in [3.63, 3.8) is 0 Å². The molecule has 9 nitrogen and oxygen atoms in total. The number of rotatable bonds is 9. The van der Waals surface area contributed by atoms with E-state index in [0.717, 1.165) is 24.3 Å². The predicted octanol–water partition coefficient (Wildman–Crippen LogP) is 3.31. The van der Waals surface area contributed by atoms with Crippen molar-refractivity contribution in [1.29, 1.82) is 5.26 Å². The van der Waals surface area contributed by atoms with Gasteiger partial charge in [-0.1, -0.05) is 12.1 Å². The van der Waals surface area contributed by atoms with Gasteiger partial charge in [-0.25, -0.2) is 13.6 Å². The van der Waals surface area contributed by atoms with Gasteiger partial charge in [-0.05, 0) is 63.3 Å². The first-order chi connectivity index (χ1) is 19.5. The fourth-order valence-corrected chi connectivity index (χ4v) is 5.09. The topological polar surface area (TPSA) is 126 Å². The van der Waals surface area contributed by atoms with E-state index in [9.17, 15) is 46.9 Å². The van der Waals surface area contributed by atoms with Crippen molar-refractivity contribution in [2.24, 2.45) is 0 Å². The van der Waals surface area contributed by atoms with Crippen LogP contribution in [0.25, 0.3) is 0 Å². The minimum atomic E-state index is -4.53. The van der Waals surface area contributed by atoms with Gasteiger partial charge in [0.2, 0.25) is 0 Å². The van der Waals surface area contributed by atoms with Crippen LogP contribution in [0, 0.1) is 11.3 Å². The van der Waals surface area contributed by atoms with Gasteiger partial charge >= 0.3 is 19.4 Å². The van der Waals surface area contributed by atoms with Crippen LogP contribution in [-0.4, -0.2) is 88.7 Å². The van der Waals surface area contributed by atoms with E-state index in [2.05, 4.69) is 5.32 Å². The van der Waals surface area contributed by atoms with Crippen molar-refractivity contribution in [1.82, 2.24) is 15.1 Å². The van der Waals surface area contributed by atoms with Gasteiger partial charge in [-0.15, -0.1) is 0 Å². The molecule has 3 N–H and O–H groups in total. The van der Waals surface area contributed by atoms with Gasteiger partial charge in [0.25, 0.3) is 11.8 Å². The van der Waals surface area contributed by atoms with Crippen molar-refractivity contribution < 1.29 is 46.3 Å². The van der Waals surface area contributed by atoms with Gasteiger partial charge in [0.05, 0.1) is 24.1 Å². The molecule has 2 aliphatic heterocycles. The minimum Gasteiger partial charge on any atom is -0.447 e. The monoisotopic (exact) mass is 600 g/mol. The number of piperidine rings is 1. The van der Waals surface area contributed by atoms with Crippen LogP contribution < -0.4 is 5.32 Å². The molecule has 0 unspecified atom stereocenters. The number of nitrogens with one attached hydrogen (secondary N) is 1. The maximum absolute atomic E-state index is 13.8. The highest BCUT2D eigenvalue weighted by Gasteiger charge is 2.43. The second-order valence-electron chi connectivity index (χ2n) is 11.2. The first-order valence-corrected chi connectivity index (χ1v) is 13.5. The Hall–Kier alpha value is -3.22. The van der Waals surface area contributed by atoms with Crippen molar-refractivity contribution >= 4 is 19.1 Å². The number of nitrogens with zero attached hydrogens (tertiary/aromatic N) is 3. The van der Waals surface area contributed by atoms with Gasteiger partial charge in [0.1, 0.15) is 18.2 Å². The smallest absolute Gasteiger partial charge is 0.447 e. The molecule has 0 aromatic heterocycles. The highest BCUT2D eigenvalue weighted by molar-refractivity contribution is 6.43. The Labute approximate surface area is 241 Å². The number of alkyl carbamates (subject to hydrolysis) is 1. The lowest BCUT2D eigenvalue weighted by Crippen LogP contribution is -2.50. The van der Waals surface area contributed by atoms with Gasteiger partial charge in [0, 0.05) is 25.0 Å². The number of amides is 2. The molecule has 2 aliphatic rings. The highest BCUT2D eigenvalue weighted by Crippen LogP contribution is 2.33. The van der Waals surface area contributed by atoms with E-state index in [-0.39, 0.29) is 38.1 Å². The molecule has 2 atom stereocenters. The Kier molecular flexibility index (Phi) is 10.6. The summed E-state index contributed by atoms with van der Waals surface area (Å²) in [5, 5.41) is 31.4. The van der Waals surface area contributed by atoms with E-state index in [0.29, 0.717) is 24.8 Å². The van der Waals surface area contributed by atoms with Crippen molar-refractivity contribution in [2.75, 3.05) is 26.2 Å². The van der Waals surface area contributed by atoms with Crippen molar-refractivity contribution in [3.05, 3.63) is 47.0 Å². The number of carbonyl (C=O) groups is 2. The average molecular weight is 600 g/mol. The van der Waals surface area contributed by atoms with Crippen LogP contribution in [0.4, 0.5) is 26.7 Å². The lowest BCUT2D eigenvalue weighted by atomic mass is 9.76. The summed E-state index contributed by atoms with van der Waals surface area (Å²) in [6, 6.07) is 5.28. The summed E-state index contributed by atoms with van der Waals surface area (Å²) in [5.41, 5.74) is -1.77. The molecule has 15 heteroatoms. The summed E-state index contributed by atoms with van der Waals surface area (Å²) in [7, 11) is -2.05. The molecule has 42 heavy (non-hydrogen) atoms. The van der Waals surface area contributed by atoms with Crippen LogP contribution in [0.1, 0.15) is 50.7 Å². The molecular weight excluding hydrogens is 566 g/mol. The Morgan fingerprint density at radius 1 is 1.21 bits per heavy atom. The fraction of sp³-hybridized carbons (Fsp3) is 0.593. The number of halogens is 5. The summed E-state index contributed by atoms with van der Waals surface area (Å²) in [4.78, 5) is 28.7. The third kappa shape index (κ3) is 8.89. The Balaban J connectivity index is 1.62. The molecular formula is C27H34BF5N4O5. The highest BCUT2D eigenvalue weighted by atomic mass is 19.4. The fourth-order valence-electron chi connectivity index (χ4n) is 5.09. The maximum Gasteiger partial charge on any atom is 0.475 e. The quantitative estimate of drug-likeness (QED) is 0.172. The zero-order valence-corrected chi connectivity index (χ0v) is 23.3.